The number of benzene rings is 2. The Morgan fingerprint density at radius 1 is 1.17 bits per heavy atom. The van der Waals surface area contributed by atoms with E-state index < -0.39 is 5.60 Å². The maximum atomic E-state index is 13.7. The average molecular weight is 501 g/mol. The Morgan fingerprint density at radius 2 is 1.94 bits per heavy atom. The summed E-state index contributed by atoms with van der Waals surface area (Å²) >= 11 is 0. The number of rotatable bonds is 6. The Bertz CT molecular complexity index is 1080. The molecule has 1 amide bonds. The van der Waals surface area contributed by atoms with Gasteiger partial charge in [-0.2, -0.15) is 0 Å². The number of methoxy groups -OCH3 is 1. The summed E-state index contributed by atoms with van der Waals surface area (Å²) in [4.78, 5) is 16.8. The molecule has 0 N–H and O–H groups in total. The third-order valence-corrected chi connectivity index (χ3v) is 6.48. The lowest BCUT2D eigenvalue weighted by atomic mass is 9.94. The van der Waals surface area contributed by atoms with Gasteiger partial charge in [-0.3, -0.25) is 0 Å². The molecule has 2 heterocycles. The fourth-order valence-corrected chi connectivity index (χ4v) is 4.93. The van der Waals surface area contributed by atoms with E-state index in [1.54, 1.807) is 24.1 Å². The highest BCUT2D eigenvalue weighted by Gasteiger charge is 2.30. The SMILES string of the molecule is COCC(CN1CCOc2cc3c(c(C)c21)CCN(C(=O)OC(C)(C)C)CC3)Oc1cccc(F)c1. The van der Waals surface area contributed by atoms with Gasteiger partial charge in [0.15, 0.2) is 0 Å². The van der Waals surface area contributed by atoms with E-state index in [0.29, 0.717) is 45.1 Å². The van der Waals surface area contributed by atoms with Crippen molar-refractivity contribution in [2.45, 2.75) is 52.2 Å². The number of hydrogen-bond donors (Lipinski definition) is 0. The molecule has 0 saturated heterocycles. The highest BCUT2D eigenvalue weighted by atomic mass is 19.1. The molecular weight excluding hydrogens is 463 g/mol. The largest absolute Gasteiger partial charge is 0.490 e. The second kappa shape index (κ2) is 10.9. The highest BCUT2D eigenvalue weighted by Crippen LogP contribution is 2.40. The minimum atomic E-state index is -0.522. The van der Waals surface area contributed by atoms with Gasteiger partial charge >= 0.3 is 6.09 Å². The summed E-state index contributed by atoms with van der Waals surface area (Å²) in [7, 11) is 1.64. The van der Waals surface area contributed by atoms with E-state index in [4.69, 9.17) is 18.9 Å². The summed E-state index contributed by atoms with van der Waals surface area (Å²) in [5.74, 6) is 0.996. The Hall–Kier alpha value is -3.00. The fourth-order valence-electron chi connectivity index (χ4n) is 4.93. The smallest absolute Gasteiger partial charge is 0.410 e. The molecule has 2 aromatic rings. The van der Waals surface area contributed by atoms with Crippen LogP contribution in [0.5, 0.6) is 11.5 Å². The number of fused-ring (bicyclic) bond motifs is 2. The van der Waals surface area contributed by atoms with E-state index in [-0.39, 0.29) is 18.0 Å². The molecule has 2 aliphatic rings. The first-order chi connectivity index (χ1) is 17.1. The number of nitrogens with zero attached hydrogens (tertiary/aromatic N) is 2. The quantitative estimate of drug-likeness (QED) is 0.570. The van der Waals surface area contributed by atoms with E-state index in [2.05, 4.69) is 17.9 Å². The van der Waals surface area contributed by atoms with Gasteiger partial charge in [0.05, 0.1) is 25.4 Å². The summed E-state index contributed by atoms with van der Waals surface area (Å²) < 4.78 is 36.9. The van der Waals surface area contributed by atoms with Crippen molar-refractivity contribution in [1.82, 2.24) is 4.90 Å². The van der Waals surface area contributed by atoms with Crippen molar-refractivity contribution in [3.05, 3.63) is 52.8 Å². The van der Waals surface area contributed by atoms with Crippen LogP contribution < -0.4 is 14.4 Å². The second-order valence-corrected chi connectivity index (χ2v) is 10.4. The Kier molecular flexibility index (Phi) is 7.93. The minimum absolute atomic E-state index is 0.271. The van der Waals surface area contributed by atoms with Gasteiger partial charge in [-0.05, 0) is 75.4 Å². The molecule has 0 fully saturated rings. The first kappa shape index (κ1) is 26.1. The average Bonchev–Trinajstić information content (AvgIpc) is 3.01. The molecular formula is C28H37FN2O5. The normalized spacial score (nSPS) is 16.4. The molecule has 1 atom stereocenters. The molecule has 0 saturated carbocycles. The van der Waals surface area contributed by atoms with Crippen LogP contribution in [0.4, 0.5) is 14.9 Å². The van der Waals surface area contributed by atoms with Gasteiger partial charge < -0.3 is 28.7 Å². The third-order valence-electron chi connectivity index (χ3n) is 6.48. The molecule has 0 spiro atoms. The first-order valence-electron chi connectivity index (χ1n) is 12.6. The molecule has 0 aromatic heterocycles. The number of hydrogen-bond acceptors (Lipinski definition) is 6. The van der Waals surface area contributed by atoms with Crippen LogP contribution in [-0.4, -0.2) is 69.2 Å². The van der Waals surface area contributed by atoms with E-state index in [1.165, 1.54) is 23.3 Å². The highest BCUT2D eigenvalue weighted by molar-refractivity contribution is 5.71. The van der Waals surface area contributed by atoms with E-state index in [0.717, 1.165) is 29.8 Å². The van der Waals surface area contributed by atoms with Crippen molar-refractivity contribution in [3.8, 4) is 11.5 Å². The molecule has 4 rings (SSSR count). The fraction of sp³-hybridized carbons (Fsp3) is 0.536. The van der Waals surface area contributed by atoms with Gasteiger partial charge in [-0.25, -0.2) is 9.18 Å². The summed E-state index contributed by atoms with van der Waals surface area (Å²) in [5.41, 5.74) is 4.16. The number of halogens is 1. The zero-order valence-corrected chi connectivity index (χ0v) is 21.9. The van der Waals surface area contributed by atoms with Crippen molar-refractivity contribution in [1.29, 1.82) is 0 Å². The molecule has 2 aromatic carbocycles. The van der Waals surface area contributed by atoms with Gasteiger partial charge in [0, 0.05) is 26.3 Å². The van der Waals surface area contributed by atoms with Crippen LogP contribution in [-0.2, 0) is 22.3 Å². The molecule has 0 bridgehead atoms. The lowest BCUT2D eigenvalue weighted by Gasteiger charge is -2.36. The van der Waals surface area contributed by atoms with Gasteiger partial charge in [0.2, 0.25) is 0 Å². The number of anilines is 1. The van der Waals surface area contributed by atoms with E-state index in [1.807, 2.05) is 20.8 Å². The lowest BCUT2D eigenvalue weighted by molar-refractivity contribution is 0.0258. The molecule has 0 aliphatic carbocycles. The summed E-state index contributed by atoms with van der Waals surface area (Å²) in [6, 6.07) is 8.30. The van der Waals surface area contributed by atoms with Crippen LogP contribution in [0.2, 0.25) is 0 Å². The van der Waals surface area contributed by atoms with Crippen LogP contribution in [0.1, 0.15) is 37.5 Å². The Morgan fingerprint density at radius 3 is 2.67 bits per heavy atom. The van der Waals surface area contributed by atoms with Crippen LogP contribution in [0.25, 0.3) is 0 Å². The lowest BCUT2D eigenvalue weighted by Crippen LogP contribution is -2.42. The Labute approximate surface area is 213 Å². The monoisotopic (exact) mass is 500 g/mol. The standard InChI is InChI=1S/C28H37FN2O5/c1-19-24-10-12-30(27(32)36-28(2,3)4)11-9-20(24)15-25-26(19)31(13-14-34-25)17-23(18-33-5)35-22-8-6-7-21(29)16-22/h6-8,15-16,23H,9-14,17-18H2,1-5H3. The van der Waals surface area contributed by atoms with Crippen molar-refractivity contribution in [2.75, 3.05) is 51.4 Å². The molecule has 196 valence electrons. The van der Waals surface area contributed by atoms with Gasteiger partial charge in [-0.1, -0.05) is 6.07 Å². The summed E-state index contributed by atoms with van der Waals surface area (Å²) in [6.45, 7) is 11.2. The molecule has 1 unspecified atom stereocenters. The van der Waals surface area contributed by atoms with Crippen molar-refractivity contribution < 1.29 is 28.1 Å². The predicted molar refractivity (Wildman–Crippen MR) is 137 cm³/mol. The zero-order valence-electron chi connectivity index (χ0n) is 21.9. The molecule has 36 heavy (non-hydrogen) atoms. The van der Waals surface area contributed by atoms with Crippen LogP contribution in [0, 0.1) is 12.7 Å². The number of amides is 1. The molecule has 2 aliphatic heterocycles. The number of ether oxygens (including phenoxy) is 4. The predicted octanol–water partition coefficient (Wildman–Crippen LogP) is 4.76. The number of carbonyl (C=O) groups excluding carboxylic acids is 1. The zero-order chi connectivity index (χ0) is 25.9. The summed E-state index contributed by atoms with van der Waals surface area (Å²) in [5, 5.41) is 0. The second-order valence-electron chi connectivity index (χ2n) is 10.4. The van der Waals surface area contributed by atoms with Crippen LogP contribution in [0.3, 0.4) is 0 Å². The Balaban J connectivity index is 1.54. The van der Waals surface area contributed by atoms with Crippen molar-refractivity contribution in [3.63, 3.8) is 0 Å². The van der Waals surface area contributed by atoms with Gasteiger partial charge in [0.1, 0.15) is 35.6 Å². The minimum Gasteiger partial charge on any atom is -0.490 e. The maximum Gasteiger partial charge on any atom is 0.410 e. The first-order valence-corrected chi connectivity index (χ1v) is 12.6. The van der Waals surface area contributed by atoms with Crippen molar-refractivity contribution >= 4 is 11.8 Å². The maximum absolute atomic E-state index is 13.7. The van der Waals surface area contributed by atoms with Crippen LogP contribution in [0.15, 0.2) is 30.3 Å². The molecule has 0 radical (unpaired) electrons. The van der Waals surface area contributed by atoms with Gasteiger partial charge in [0.25, 0.3) is 0 Å². The van der Waals surface area contributed by atoms with Gasteiger partial charge in [-0.15, -0.1) is 0 Å². The molecule has 7 nitrogen and oxygen atoms in total. The molecule has 8 heteroatoms. The number of carbonyl (C=O) groups is 1. The van der Waals surface area contributed by atoms with E-state index in [9.17, 15) is 9.18 Å². The van der Waals surface area contributed by atoms with E-state index >= 15 is 0 Å². The topological polar surface area (TPSA) is 60.5 Å². The van der Waals surface area contributed by atoms with Crippen LogP contribution >= 0.6 is 0 Å². The van der Waals surface area contributed by atoms with Crippen molar-refractivity contribution in [2.24, 2.45) is 0 Å². The third kappa shape index (κ3) is 6.22. The summed E-state index contributed by atoms with van der Waals surface area (Å²) in [6.07, 6.45) is 0.945.